The van der Waals surface area contributed by atoms with Crippen LogP contribution in [-0.4, -0.2) is 28.8 Å². The quantitative estimate of drug-likeness (QED) is 0.827. The van der Waals surface area contributed by atoms with E-state index in [1.807, 2.05) is 0 Å². The van der Waals surface area contributed by atoms with E-state index in [0.29, 0.717) is 5.56 Å². The Bertz CT molecular complexity index is 628. The van der Waals surface area contributed by atoms with Crippen molar-refractivity contribution < 1.29 is 24.2 Å². The number of amides is 2. The molecule has 2 N–H and O–H groups in total. The molecule has 1 fully saturated rings. The van der Waals surface area contributed by atoms with Gasteiger partial charge in [-0.2, -0.15) is 0 Å². The van der Waals surface area contributed by atoms with Crippen molar-refractivity contribution in [1.82, 2.24) is 5.32 Å². The van der Waals surface area contributed by atoms with E-state index >= 15 is 0 Å². The second kappa shape index (κ2) is 5.98. The highest BCUT2D eigenvalue weighted by Gasteiger charge is 2.24. The normalized spacial score (nSPS) is 16.4. The van der Waals surface area contributed by atoms with E-state index in [1.165, 1.54) is 18.2 Å². The minimum Gasteiger partial charge on any atom is -0.480 e. The SMILES string of the molecule is O=C(O)COc1ccc(C=C2SC(=O)NC2=O)cc1Cl. The van der Waals surface area contributed by atoms with Crippen LogP contribution in [-0.2, 0) is 9.59 Å². The van der Waals surface area contributed by atoms with Crippen LogP contribution in [0.2, 0.25) is 5.02 Å². The van der Waals surface area contributed by atoms with Crippen LogP contribution in [0.1, 0.15) is 5.56 Å². The molecule has 104 valence electrons. The minimum atomic E-state index is -1.11. The fourth-order valence-corrected chi connectivity index (χ4v) is 2.36. The number of rotatable bonds is 4. The Morgan fingerprint density at radius 1 is 1.45 bits per heavy atom. The van der Waals surface area contributed by atoms with Crippen molar-refractivity contribution in [3.8, 4) is 5.75 Å². The van der Waals surface area contributed by atoms with E-state index in [2.05, 4.69) is 5.32 Å². The van der Waals surface area contributed by atoms with Crippen LogP contribution in [0.3, 0.4) is 0 Å². The highest BCUT2D eigenvalue weighted by molar-refractivity contribution is 8.18. The van der Waals surface area contributed by atoms with Gasteiger partial charge in [-0.15, -0.1) is 0 Å². The summed E-state index contributed by atoms with van der Waals surface area (Å²) in [5, 5.41) is 10.4. The summed E-state index contributed by atoms with van der Waals surface area (Å²) in [6, 6.07) is 4.62. The molecule has 0 atom stereocenters. The molecule has 0 saturated carbocycles. The lowest BCUT2D eigenvalue weighted by Gasteiger charge is -2.06. The number of benzene rings is 1. The molecule has 2 rings (SSSR count). The van der Waals surface area contributed by atoms with Crippen LogP contribution in [0.5, 0.6) is 5.75 Å². The third kappa shape index (κ3) is 3.52. The zero-order valence-corrected chi connectivity index (χ0v) is 11.5. The number of hydrogen-bond acceptors (Lipinski definition) is 5. The highest BCUT2D eigenvalue weighted by atomic mass is 35.5. The number of ether oxygens (including phenoxy) is 1. The number of nitrogens with one attached hydrogen (secondary N) is 1. The number of carboxylic acids is 1. The number of aliphatic carboxylic acids is 1. The molecular weight excluding hydrogens is 306 g/mol. The molecule has 0 unspecified atom stereocenters. The summed E-state index contributed by atoms with van der Waals surface area (Å²) in [5.41, 5.74) is 0.602. The van der Waals surface area contributed by atoms with Crippen molar-refractivity contribution in [3.05, 3.63) is 33.7 Å². The number of halogens is 1. The first-order chi connectivity index (χ1) is 9.45. The fraction of sp³-hybridized carbons (Fsp3) is 0.0833. The predicted molar refractivity (Wildman–Crippen MR) is 73.7 cm³/mol. The van der Waals surface area contributed by atoms with Crippen molar-refractivity contribution in [1.29, 1.82) is 0 Å². The number of thioether (sulfide) groups is 1. The van der Waals surface area contributed by atoms with Gasteiger partial charge >= 0.3 is 5.97 Å². The van der Waals surface area contributed by atoms with Crippen LogP contribution in [0.15, 0.2) is 23.1 Å². The molecule has 1 aromatic rings. The molecule has 20 heavy (non-hydrogen) atoms. The topological polar surface area (TPSA) is 92.7 Å². The Balaban J connectivity index is 2.17. The maximum absolute atomic E-state index is 11.4. The molecule has 1 saturated heterocycles. The standard InChI is InChI=1S/C12H8ClNO5S/c13-7-3-6(1-2-8(7)19-5-10(15)16)4-9-11(17)14-12(18)20-9/h1-4H,5H2,(H,15,16)(H,14,17,18). The van der Waals surface area contributed by atoms with E-state index in [1.54, 1.807) is 6.07 Å². The van der Waals surface area contributed by atoms with E-state index in [9.17, 15) is 14.4 Å². The van der Waals surface area contributed by atoms with Crippen LogP contribution in [0, 0.1) is 0 Å². The molecule has 2 amide bonds. The number of carboxylic acid groups (broad SMARTS) is 1. The first kappa shape index (κ1) is 14.4. The lowest BCUT2D eigenvalue weighted by atomic mass is 10.2. The molecule has 1 aromatic carbocycles. The van der Waals surface area contributed by atoms with Gasteiger partial charge in [-0.3, -0.25) is 14.9 Å². The summed E-state index contributed by atoms with van der Waals surface area (Å²) in [4.78, 5) is 33.0. The fourth-order valence-electron chi connectivity index (χ4n) is 1.44. The van der Waals surface area contributed by atoms with Gasteiger partial charge in [0.2, 0.25) is 0 Å². The molecule has 0 aromatic heterocycles. The Labute approximate surface area is 122 Å². The van der Waals surface area contributed by atoms with Gasteiger partial charge in [0.1, 0.15) is 5.75 Å². The predicted octanol–water partition coefficient (Wildman–Crippen LogP) is 2.13. The molecule has 0 radical (unpaired) electrons. The first-order valence-corrected chi connectivity index (χ1v) is 6.54. The Kier molecular flexibility index (Phi) is 4.31. The van der Waals surface area contributed by atoms with E-state index < -0.39 is 23.7 Å². The Hall–Kier alpha value is -1.99. The first-order valence-electron chi connectivity index (χ1n) is 5.34. The number of carbonyl (C=O) groups excluding carboxylic acids is 2. The third-order valence-electron chi connectivity index (χ3n) is 2.25. The van der Waals surface area contributed by atoms with Crippen molar-refractivity contribution in [2.75, 3.05) is 6.61 Å². The van der Waals surface area contributed by atoms with Gasteiger partial charge in [-0.05, 0) is 35.5 Å². The van der Waals surface area contributed by atoms with Gasteiger partial charge in [-0.25, -0.2) is 4.79 Å². The zero-order chi connectivity index (χ0) is 14.7. The van der Waals surface area contributed by atoms with E-state index in [-0.39, 0.29) is 15.7 Å². The smallest absolute Gasteiger partial charge is 0.341 e. The van der Waals surface area contributed by atoms with Crippen molar-refractivity contribution >= 4 is 46.6 Å². The van der Waals surface area contributed by atoms with Gasteiger partial charge in [-0.1, -0.05) is 17.7 Å². The van der Waals surface area contributed by atoms with Gasteiger partial charge in [0.15, 0.2) is 6.61 Å². The molecular formula is C12H8ClNO5S. The van der Waals surface area contributed by atoms with Crippen molar-refractivity contribution in [3.63, 3.8) is 0 Å². The maximum atomic E-state index is 11.4. The van der Waals surface area contributed by atoms with Crippen LogP contribution >= 0.6 is 23.4 Å². The molecule has 0 spiro atoms. The van der Waals surface area contributed by atoms with Gasteiger partial charge in [0, 0.05) is 0 Å². The summed E-state index contributed by atoms with van der Waals surface area (Å²) in [7, 11) is 0. The van der Waals surface area contributed by atoms with E-state index in [0.717, 1.165) is 11.8 Å². The summed E-state index contributed by atoms with van der Waals surface area (Å²) < 4.78 is 4.97. The third-order valence-corrected chi connectivity index (χ3v) is 3.35. The number of carbonyl (C=O) groups is 3. The van der Waals surface area contributed by atoms with Crippen molar-refractivity contribution in [2.24, 2.45) is 0 Å². The van der Waals surface area contributed by atoms with Crippen LogP contribution < -0.4 is 10.1 Å². The minimum absolute atomic E-state index is 0.218. The highest BCUT2D eigenvalue weighted by Crippen LogP contribution is 2.29. The molecule has 1 heterocycles. The van der Waals surface area contributed by atoms with E-state index in [4.69, 9.17) is 21.4 Å². The summed E-state index contributed by atoms with van der Waals surface area (Å²) >= 11 is 6.74. The molecule has 1 aliphatic rings. The molecule has 0 bridgehead atoms. The van der Waals surface area contributed by atoms with Gasteiger partial charge in [0.05, 0.1) is 9.93 Å². The largest absolute Gasteiger partial charge is 0.480 e. The Morgan fingerprint density at radius 2 is 2.20 bits per heavy atom. The van der Waals surface area contributed by atoms with Gasteiger partial charge < -0.3 is 9.84 Å². The van der Waals surface area contributed by atoms with Crippen LogP contribution in [0.4, 0.5) is 4.79 Å². The summed E-state index contributed by atoms with van der Waals surface area (Å²) in [6.45, 7) is -0.493. The van der Waals surface area contributed by atoms with Gasteiger partial charge in [0.25, 0.3) is 11.1 Å². The molecule has 0 aliphatic carbocycles. The van der Waals surface area contributed by atoms with Crippen molar-refractivity contribution in [2.45, 2.75) is 0 Å². The lowest BCUT2D eigenvalue weighted by molar-refractivity contribution is -0.139. The Morgan fingerprint density at radius 3 is 2.75 bits per heavy atom. The lowest BCUT2D eigenvalue weighted by Crippen LogP contribution is -2.17. The second-order valence-electron chi connectivity index (χ2n) is 3.72. The molecule has 6 nitrogen and oxygen atoms in total. The molecule has 8 heteroatoms. The number of hydrogen-bond donors (Lipinski definition) is 2. The average molecular weight is 314 g/mol. The number of imide groups is 1. The monoisotopic (exact) mass is 313 g/mol. The van der Waals surface area contributed by atoms with Crippen LogP contribution in [0.25, 0.3) is 6.08 Å². The summed E-state index contributed by atoms with van der Waals surface area (Å²) in [6.07, 6.45) is 1.51. The molecule has 1 aliphatic heterocycles. The maximum Gasteiger partial charge on any atom is 0.341 e. The summed E-state index contributed by atoms with van der Waals surface area (Å²) in [5.74, 6) is -1.33. The average Bonchev–Trinajstić information content (AvgIpc) is 2.66. The second-order valence-corrected chi connectivity index (χ2v) is 5.15. The zero-order valence-electron chi connectivity index (χ0n) is 9.88.